The van der Waals surface area contributed by atoms with Gasteiger partial charge in [0.05, 0.1) is 28.7 Å². The Labute approximate surface area is 185 Å². The number of carbonyl (C=O) groups is 1. The molecule has 4 aromatic rings. The maximum atomic E-state index is 13.1. The Morgan fingerprint density at radius 2 is 1.72 bits per heavy atom. The number of primary sulfonamides is 1. The lowest BCUT2D eigenvalue weighted by atomic mass is 10.1. The van der Waals surface area contributed by atoms with Crippen LogP contribution in [-0.2, 0) is 16.6 Å². The van der Waals surface area contributed by atoms with E-state index in [1.807, 2.05) is 24.5 Å². The highest BCUT2D eigenvalue weighted by molar-refractivity contribution is 7.89. The van der Waals surface area contributed by atoms with Crippen LogP contribution in [0, 0.1) is 20.8 Å². The number of hydrogen-bond acceptors (Lipinski definition) is 5. The fraction of sp³-hybridized carbons (Fsp3) is 0.174. The van der Waals surface area contributed by atoms with Gasteiger partial charge in [-0.1, -0.05) is 11.6 Å². The van der Waals surface area contributed by atoms with Gasteiger partial charge in [0.2, 0.25) is 10.0 Å². The first-order chi connectivity index (χ1) is 15.1. The van der Waals surface area contributed by atoms with Crippen LogP contribution in [0.4, 0.5) is 0 Å². The summed E-state index contributed by atoms with van der Waals surface area (Å²) in [5, 5.41) is 5.64. The standard InChI is InChI=1S/C23H22N4O4S/c1-14-4-9-21-20(10-14)23(29)26(13-25-21)12-22(28)19-11-15(2)27(16(19)3)17-5-7-18(8-6-17)32(24,30)31/h4-11,13H,12H2,1-3H3,(H2,24,30,31). The molecule has 0 aliphatic rings. The molecule has 9 heteroatoms. The summed E-state index contributed by atoms with van der Waals surface area (Å²) in [6.07, 6.45) is 1.39. The highest BCUT2D eigenvalue weighted by atomic mass is 32.2. The van der Waals surface area contributed by atoms with Crippen molar-refractivity contribution in [1.82, 2.24) is 14.1 Å². The fourth-order valence-electron chi connectivity index (χ4n) is 3.85. The minimum Gasteiger partial charge on any atom is -0.318 e. The molecule has 0 aliphatic carbocycles. The molecule has 164 valence electrons. The van der Waals surface area contributed by atoms with Gasteiger partial charge in [0.1, 0.15) is 0 Å². The molecule has 0 bridgehead atoms. The molecule has 32 heavy (non-hydrogen) atoms. The highest BCUT2D eigenvalue weighted by Gasteiger charge is 2.18. The second-order valence-electron chi connectivity index (χ2n) is 7.78. The second kappa shape index (κ2) is 7.85. The van der Waals surface area contributed by atoms with Gasteiger partial charge in [-0.05, 0) is 63.2 Å². The molecule has 0 radical (unpaired) electrons. The average Bonchev–Trinajstić information content (AvgIpc) is 3.04. The lowest BCUT2D eigenvalue weighted by molar-refractivity contribution is 0.0970. The zero-order chi connectivity index (χ0) is 23.2. The molecule has 0 fully saturated rings. The van der Waals surface area contributed by atoms with Crippen LogP contribution in [0.15, 0.2) is 64.5 Å². The number of fused-ring (bicyclic) bond motifs is 1. The number of hydrogen-bond donors (Lipinski definition) is 1. The number of ketones is 1. The van der Waals surface area contributed by atoms with E-state index < -0.39 is 10.0 Å². The van der Waals surface area contributed by atoms with Crippen LogP contribution in [0.5, 0.6) is 0 Å². The smallest absolute Gasteiger partial charge is 0.261 e. The summed E-state index contributed by atoms with van der Waals surface area (Å²) in [7, 11) is -3.79. The molecular weight excluding hydrogens is 428 g/mol. The van der Waals surface area contributed by atoms with Crippen molar-refractivity contribution in [3.63, 3.8) is 0 Å². The first-order valence-electron chi connectivity index (χ1n) is 9.87. The Morgan fingerprint density at radius 3 is 2.38 bits per heavy atom. The van der Waals surface area contributed by atoms with Crippen molar-refractivity contribution in [3.8, 4) is 5.69 Å². The topological polar surface area (TPSA) is 117 Å². The Bertz CT molecular complexity index is 1530. The lowest BCUT2D eigenvalue weighted by Gasteiger charge is -2.11. The minimum atomic E-state index is -3.79. The molecule has 0 spiro atoms. The predicted octanol–water partition coefficient (Wildman–Crippen LogP) is 2.64. The predicted molar refractivity (Wildman–Crippen MR) is 122 cm³/mol. The third kappa shape index (κ3) is 3.88. The Kier molecular flexibility index (Phi) is 5.31. The van der Waals surface area contributed by atoms with Gasteiger partial charge in [-0.25, -0.2) is 18.5 Å². The molecule has 0 amide bonds. The number of rotatable bonds is 5. The maximum absolute atomic E-state index is 13.1. The van der Waals surface area contributed by atoms with Crippen molar-refractivity contribution >= 4 is 26.7 Å². The number of nitrogens with zero attached hydrogens (tertiary/aromatic N) is 3. The van der Waals surface area contributed by atoms with Gasteiger partial charge in [-0.15, -0.1) is 0 Å². The zero-order valence-electron chi connectivity index (χ0n) is 17.9. The number of aryl methyl sites for hydroxylation is 2. The molecule has 8 nitrogen and oxygen atoms in total. The minimum absolute atomic E-state index is 0.0124. The summed E-state index contributed by atoms with van der Waals surface area (Å²) in [5.41, 5.74) is 3.94. The van der Waals surface area contributed by atoms with Gasteiger partial charge < -0.3 is 4.57 Å². The molecular formula is C23H22N4O4S. The summed E-state index contributed by atoms with van der Waals surface area (Å²) in [4.78, 5) is 30.2. The first-order valence-corrected chi connectivity index (χ1v) is 11.4. The molecule has 0 aliphatic heterocycles. The Morgan fingerprint density at radius 1 is 1.03 bits per heavy atom. The summed E-state index contributed by atoms with van der Waals surface area (Å²) in [5.74, 6) is -0.221. The fourth-order valence-corrected chi connectivity index (χ4v) is 4.37. The van der Waals surface area contributed by atoms with Gasteiger partial charge >= 0.3 is 0 Å². The van der Waals surface area contributed by atoms with Gasteiger partial charge in [0.15, 0.2) is 5.78 Å². The zero-order valence-corrected chi connectivity index (χ0v) is 18.7. The number of nitrogens with two attached hydrogens (primary N) is 1. The summed E-state index contributed by atoms with van der Waals surface area (Å²) < 4.78 is 26.2. The quantitative estimate of drug-likeness (QED) is 0.469. The number of carbonyl (C=O) groups excluding carboxylic acids is 1. The van der Waals surface area contributed by atoms with Crippen LogP contribution in [0.25, 0.3) is 16.6 Å². The molecule has 2 heterocycles. The number of benzene rings is 2. The normalized spacial score (nSPS) is 11.8. The van der Waals surface area contributed by atoms with Gasteiger partial charge in [-0.2, -0.15) is 0 Å². The Hall–Kier alpha value is -3.56. The third-order valence-electron chi connectivity index (χ3n) is 5.45. The van der Waals surface area contributed by atoms with E-state index in [1.54, 1.807) is 37.3 Å². The second-order valence-corrected chi connectivity index (χ2v) is 9.34. The van der Waals surface area contributed by atoms with Crippen molar-refractivity contribution in [3.05, 3.63) is 87.7 Å². The molecule has 2 N–H and O–H groups in total. The molecule has 0 saturated carbocycles. The molecule has 4 rings (SSSR count). The molecule has 2 aromatic carbocycles. The average molecular weight is 451 g/mol. The van der Waals surface area contributed by atoms with E-state index in [1.165, 1.54) is 23.0 Å². The van der Waals surface area contributed by atoms with E-state index in [-0.39, 0.29) is 22.8 Å². The van der Waals surface area contributed by atoms with Crippen LogP contribution in [-0.4, -0.2) is 28.3 Å². The highest BCUT2D eigenvalue weighted by Crippen LogP contribution is 2.23. The number of sulfonamides is 1. The largest absolute Gasteiger partial charge is 0.318 e. The molecule has 0 unspecified atom stereocenters. The SMILES string of the molecule is Cc1ccc2ncn(CC(=O)c3cc(C)n(-c4ccc(S(N)(=O)=O)cc4)c3C)c(=O)c2c1. The van der Waals surface area contributed by atoms with E-state index in [0.717, 1.165) is 11.3 Å². The third-order valence-corrected chi connectivity index (χ3v) is 6.38. The maximum Gasteiger partial charge on any atom is 0.261 e. The van der Waals surface area contributed by atoms with E-state index >= 15 is 0 Å². The monoisotopic (exact) mass is 450 g/mol. The first kappa shape index (κ1) is 21.7. The van der Waals surface area contributed by atoms with Gasteiger partial charge in [0.25, 0.3) is 5.56 Å². The van der Waals surface area contributed by atoms with Crippen LogP contribution < -0.4 is 10.7 Å². The number of aromatic nitrogens is 3. The van der Waals surface area contributed by atoms with Crippen molar-refractivity contribution in [2.24, 2.45) is 5.14 Å². The van der Waals surface area contributed by atoms with Crippen molar-refractivity contribution in [2.45, 2.75) is 32.2 Å². The van der Waals surface area contributed by atoms with E-state index in [9.17, 15) is 18.0 Å². The van der Waals surface area contributed by atoms with Gasteiger partial charge in [-0.3, -0.25) is 14.2 Å². The molecule has 2 aromatic heterocycles. The van der Waals surface area contributed by atoms with Gasteiger partial charge in [0, 0.05) is 22.6 Å². The summed E-state index contributed by atoms with van der Waals surface area (Å²) >= 11 is 0. The number of Topliss-reactive ketones (excluding diaryl/α,β-unsaturated/α-hetero) is 1. The van der Waals surface area contributed by atoms with Crippen LogP contribution in [0.1, 0.15) is 27.3 Å². The summed E-state index contributed by atoms with van der Waals surface area (Å²) in [6, 6.07) is 13.3. The Balaban J connectivity index is 1.68. The van der Waals surface area contributed by atoms with Crippen molar-refractivity contribution < 1.29 is 13.2 Å². The van der Waals surface area contributed by atoms with Crippen LogP contribution >= 0.6 is 0 Å². The molecule has 0 saturated heterocycles. The van der Waals surface area contributed by atoms with E-state index in [0.29, 0.717) is 27.8 Å². The summed E-state index contributed by atoms with van der Waals surface area (Å²) in [6.45, 7) is 5.42. The van der Waals surface area contributed by atoms with Crippen LogP contribution in [0.3, 0.4) is 0 Å². The van der Waals surface area contributed by atoms with Crippen molar-refractivity contribution in [2.75, 3.05) is 0 Å². The van der Waals surface area contributed by atoms with E-state index in [2.05, 4.69) is 4.98 Å². The van der Waals surface area contributed by atoms with Crippen LogP contribution in [0.2, 0.25) is 0 Å². The lowest BCUT2D eigenvalue weighted by Crippen LogP contribution is -2.25. The molecule has 0 atom stereocenters. The van der Waals surface area contributed by atoms with E-state index in [4.69, 9.17) is 5.14 Å². The van der Waals surface area contributed by atoms with Crippen molar-refractivity contribution in [1.29, 1.82) is 0 Å².